The van der Waals surface area contributed by atoms with Crippen molar-refractivity contribution < 1.29 is 9.59 Å². The van der Waals surface area contributed by atoms with E-state index in [4.69, 9.17) is 0 Å². The number of nitrogens with zero attached hydrogens (tertiary/aromatic N) is 3. The number of rotatable bonds is 5. The molecule has 28 heavy (non-hydrogen) atoms. The fourth-order valence-electron chi connectivity index (χ4n) is 3.75. The first kappa shape index (κ1) is 18.2. The molecule has 2 aromatic carbocycles. The van der Waals surface area contributed by atoms with Crippen molar-refractivity contribution in [3.05, 3.63) is 60.9 Å². The molecule has 0 bridgehead atoms. The molecule has 1 aromatic heterocycles. The molecular weight excluding hydrogens is 352 g/mol. The summed E-state index contributed by atoms with van der Waals surface area (Å²) in [5, 5.41) is 2.96. The van der Waals surface area contributed by atoms with Gasteiger partial charge in [0.05, 0.1) is 23.3 Å². The van der Waals surface area contributed by atoms with Gasteiger partial charge in [-0.15, -0.1) is 0 Å². The Morgan fingerprint density at radius 1 is 1.07 bits per heavy atom. The van der Waals surface area contributed by atoms with E-state index in [9.17, 15) is 9.59 Å². The summed E-state index contributed by atoms with van der Waals surface area (Å²) in [6.07, 6.45) is 3.86. The molecule has 1 N–H and O–H groups in total. The Kier molecular flexibility index (Phi) is 5.37. The monoisotopic (exact) mass is 376 g/mol. The molecule has 4 rings (SSSR count). The van der Waals surface area contributed by atoms with Gasteiger partial charge in [-0.1, -0.05) is 30.3 Å². The number of aryl methyl sites for hydroxylation is 1. The zero-order valence-corrected chi connectivity index (χ0v) is 15.8. The van der Waals surface area contributed by atoms with Crippen LogP contribution in [0.3, 0.4) is 0 Å². The first-order valence-corrected chi connectivity index (χ1v) is 9.74. The molecule has 2 amide bonds. The molecule has 0 aliphatic carbocycles. The van der Waals surface area contributed by atoms with Gasteiger partial charge >= 0.3 is 0 Å². The third-order valence-electron chi connectivity index (χ3n) is 5.28. The Bertz CT molecular complexity index is 967. The van der Waals surface area contributed by atoms with Crippen LogP contribution in [0.4, 0.5) is 5.69 Å². The van der Waals surface area contributed by atoms with E-state index in [0.717, 1.165) is 36.1 Å². The van der Waals surface area contributed by atoms with Gasteiger partial charge in [0.2, 0.25) is 11.8 Å². The highest BCUT2D eigenvalue weighted by atomic mass is 16.2. The minimum Gasteiger partial charge on any atom is -0.342 e. The first-order chi connectivity index (χ1) is 13.7. The van der Waals surface area contributed by atoms with E-state index < -0.39 is 0 Å². The van der Waals surface area contributed by atoms with Crippen LogP contribution < -0.4 is 5.32 Å². The number of piperidine rings is 1. The van der Waals surface area contributed by atoms with Gasteiger partial charge in [-0.3, -0.25) is 9.59 Å². The Hall–Kier alpha value is -3.15. The third-order valence-corrected chi connectivity index (χ3v) is 5.28. The second-order valence-corrected chi connectivity index (χ2v) is 7.21. The summed E-state index contributed by atoms with van der Waals surface area (Å²) in [5.41, 5.74) is 2.77. The highest BCUT2D eigenvalue weighted by Crippen LogP contribution is 2.20. The minimum absolute atomic E-state index is 0.00990. The first-order valence-electron chi connectivity index (χ1n) is 9.74. The molecule has 1 aliphatic heterocycles. The van der Waals surface area contributed by atoms with E-state index in [0.29, 0.717) is 19.5 Å². The number of amides is 2. The Balaban J connectivity index is 1.33. The van der Waals surface area contributed by atoms with Crippen molar-refractivity contribution in [1.82, 2.24) is 14.5 Å². The van der Waals surface area contributed by atoms with E-state index in [1.54, 1.807) is 6.33 Å². The number of carbonyl (C=O) groups excluding carboxylic acids is 2. The summed E-state index contributed by atoms with van der Waals surface area (Å²) < 4.78 is 2.01. The summed E-state index contributed by atoms with van der Waals surface area (Å²) >= 11 is 0. The van der Waals surface area contributed by atoms with Crippen LogP contribution in [0.5, 0.6) is 0 Å². The van der Waals surface area contributed by atoms with E-state index >= 15 is 0 Å². The fraction of sp³-hybridized carbons (Fsp3) is 0.318. The molecule has 3 aromatic rings. The molecule has 6 nitrogen and oxygen atoms in total. The van der Waals surface area contributed by atoms with Crippen LogP contribution in [-0.4, -0.2) is 39.4 Å². The summed E-state index contributed by atoms with van der Waals surface area (Å²) in [7, 11) is 0. The maximum absolute atomic E-state index is 12.7. The molecule has 1 atom stereocenters. The molecular formula is C22H24N4O2. The van der Waals surface area contributed by atoms with Crippen molar-refractivity contribution in [2.75, 3.05) is 18.4 Å². The van der Waals surface area contributed by atoms with Crippen LogP contribution in [0.2, 0.25) is 0 Å². The minimum atomic E-state index is -0.160. The van der Waals surface area contributed by atoms with Gasteiger partial charge in [-0.05, 0) is 37.1 Å². The van der Waals surface area contributed by atoms with E-state index in [2.05, 4.69) is 10.3 Å². The quantitative estimate of drug-likeness (QED) is 0.743. The smallest absolute Gasteiger partial charge is 0.229 e. The normalized spacial score (nSPS) is 16.9. The topological polar surface area (TPSA) is 67.2 Å². The predicted octanol–water partition coefficient (Wildman–Crippen LogP) is 3.30. The molecule has 144 valence electrons. The van der Waals surface area contributed by atoms with Gasteiger partial charge in [0.25, 0.3) is 0 Å². The lowest BCUT2D eigenvalue weighted by Gasteiger charge is -2.32. The van der Waals surface area contributed by atoms with Crippen molar-refractivity contribution in [2.45, 2.75) is 25.8 Å². The number of anilines is 1. The molecule has 6 heteroatoms. The molecule has 0 saturated carbocycles. The maximum Gasteiger partial charge on any atom is 0.229 e. The number of likely N-dealkylation sites (tertiary alicyclic amines) is 1. The SMILES string of the molecule is O=C(Nc1ccccc1)C1CCCN(C(=O)CCn2cnc3ccccc32)C1. The number of carbonyl (C=O) groups is 2. The van der Waals surface area contributed by atoms with E-state index in [1.165, 1.54) is 0 Å². The molecule has 0 radical (unpaired) electrons. The number of hydrogen-bond acceptors (Lipinski definition) is 3. The number of hydrogen-bond donors (Lipinski definition) is 1. The average Bonchev–Trinajstić information content (AvgIpc) is 3.16. The Morgan fingerprint density at radius 3 is 2.71 bits per heavy atom. The summed E-state index contributed by atoms with van der Waals surface area (Å²) in [5.74, 6) is -0.0775. The van der Waals surface area contributed by atoms with Crippen LogP contribution in [-0.2, 0) is 16.1 Å². The van der Waals surface area contributed by atoms with E-state index in [-0.39, 0.29) is 17.7 Å². The van der Waals surface area contributed by atoms with Crippen molar-refractivity contribution >= 4 is 28.5 Å². The second-order valence-electron chi connectivity index (χ2n) is 7.21. The number of benzene rings is 2. The van der Waals surface area contributed by atoms with Crippen LogP contribution >= 0.6 is 0 Å². The zero-order chi connectivity index (χ0) is 19.3. The number of aromatic nitrogens is 2. The predicted molar refractivity (Wildman–Crippen MR) is 109 cm³/mol. The summed E-state index contributed by atoms with van der Waals surface area (Å²) in [4.78, 5) is 31.5. The molecule has 2 heterocycles. The molecule has 1 aliphatic rings. The van der Waals surface area contributed by atoms with Crippen LogP contribution in [0.15, 0.2) is 60.9 Å². The second kappa shape index (κ2) is 8.25. The number of fused-ring (bicyclic) bond motifs is 1. The Morgan fingerprint density at radius 2 is 1.86 bits per heavy atom. The summed E-state index contributed by atoms with van der Waals surface area (Å²) in [6.45, 7) is 1.80. The van der Waals surface area contributed by atoms with Gasteiger partial charge in [0.15, 0.2) is 0 Å². The van der Waals surface area contributed by atoms with Crippen molar-refractivity contribution in [3.8, 4) is 0 Å². The van der Waals surface area contributed by atoms with Crippen molar-refractivity contribution in [2.24, 2.45) is 5.92 Å². The summed E-state index contributed by atoms with van der Waals surface area (Å²) in [6, 6.07) is 17.4. The molecule has 1 fully saturated rings. The average molecular weight is 376 g/mol. The lowest BCUT2D eigenvalue weighted by molar-refractivity contribution is -0.134. The van der Waals surface area contributed by atoms with Crippen molar-refractivity contribution in [1.29, 1.82) is 0 Å². The number of imidazole rings is 1. The van der Waals surface area contributed by atoms with Crippen LogP contribution in [0.1, 0.15) is 19.3 Å². The molecule has 1 unspecified atom stereocenters. The highest BCUT2D eigenvalue weighted by molar-refractivity contribution is 5.93. The van der Waals surface area contributed by atoms with Crippen LogP contribution in [0, 0.1) is 5.92 Å². The van der Waals surface area contributed by atoms with Crippen LogP contribution in [0.25, 0.3) is 11.0 Å². The lowest BCUT2D eigenvalue weighted by Crippen LogP contribution is -2.44. The van der Waals surface area contributed by atoms with Gasteiger partial charge in [0, 0.05) is 31.7 Å². The molecule has 1 saturated heterocycles. The van der Waals surface area contributed by atoms with Gasteiger partial charge in [-0.25, -0.2) is 4.98 Å². The standard InChI is InChI=1S/C22H24N4O2/c27-21(12-14-26-16-23-19-10-4-5-11-20(19)26)25-13-6-7-17(15-25)22(28)24-18-8-2-1-3-9-18/h1-5,8-11,16-17H,6-7,12-15H2,(H,24,28). The van der Waals surface area contributed by atoms with Crippen molar-refractivity contribution in [3.63, 3.8) is 0 Å². The number of nitrogens with one attached hydrogen (secondary N) is 1. The third kappa shape index (κ3) is 4.06. The highest BCUT2D eigenvalue weighted by Gasteiger charge is 2.28. The maximum atomic E-state index is 12.7. The number of para-hydroxylation sites is 3. The lowest BCUT2D eigenvalue weighted by atomic mass is 9.96. The van der Waals surface area contributed by atoms with Gasteiger partial charge in [0.1, 0.15) is 0 Å². The Labute approximate surface area is 164 Å². The van der Waals surface area contributed by atoms with Gasteiger partial charge in [-0.2, -0.15) is 0 Å². The van der Waals surface area contributed by atoms with Gasteiger partial charge < -0.3 is 14.8 Å². The van der Waals surface area contributed by atoms with E-state index in [1.807, 2.05) is 64.1 Å². The molecule has 0 spiro atoms. The zero-order valence-electron chi connectivity index (χ0n) is 15.8. The fourth-order valence-corrected chi connectivity index (χ4v) is 3.75. The largest absolute Gasteiger partial charge is 0.342 e.